The molecule has 0 aromatic carbocycles. The van der Waals surface area contributed by atoms with E-state index in [2.05, 4.69) is 94.7 Å². The monoisotopic (exact) mass is 774 g/mol. The van der Waals surface area contributed by atoms with Crippen LogP contribution in [0.5, 0.6) is 0 Å². The fourth-order valence-corrected chi connectivity index (χ4v) is 13.0. The van der Waals surface area contributed by atoms with Crippen LogP contribution in [-0.2, 0) is 14.2 Å². The third-order valence-electron chi connectivity index (χ3n) is 16.5. The lowest BCUT2D eigenvalue weighted by Crippen LogP contribution is -2.74. The van der Waals surface area contributed by atoms with E-state index < -0.39 is 12.5 Å². The van der Waals surface area contributed by atoms with Crippen molar-refractivity contribution in [2.24, 2.45) is 46.3 Å². The van der Waals surface area contributed by atoms with Crippen LogP contribution in [-0.4, -0.2) is 94.0 Å². The number of hydrogen-bond donors (Lipinski definition) is 2. The van der Waals surface area contributed by atoms with Gasteiger partial charge in [-0.15, -0.1) is 0 Å². The molecule has 8 aliphatic rings. The summed E-state index contributed by atoms with van der Waals surface area (Å²) in [5, 5.41) is 23.7. The third-order valence-corrected chi connectivity index (χ3v) is 16.5. The number of aliphatic hydroxyl groups is 2. The van der Waals surface area contributed by atoms with Crippen molar-refractivity contribution in [1.29, 1.82) is 0 Å². The number of methoxy groups -OCH3 is 1. The molecule has 9 unspecified atom stereocenters. The maximum atomic E-state index is 12.2. The van der Waals surface area contributed by atoms with Crippen LogP contribution in [0.3, 0.4) is 0 Å². The fraction of sp³-hybridized carbons (Fsp3) is 0.792. The van der Waals surface area contributed by atoms with Crippen LogP contribution >= 0.6 is 0 Å². The van der Waals surface area contributed by atoms with Crippen molar-refractivity contribution in [2.45, 2.75) is 161 Å². The van der Waals surface area contributed by atoms with Crippen LogP contribution in [0.2, 0.25) is 0 Å². The van der Waals surface area contributed by atoms with Crippen LogP contribution in [0.4, 0.5) is 0 Å². The van der Waals surface area contributed by atoms with Gasteiger partial charge in [-0.1, -0.05) is 60.3 Å². The van der Waals surface area contributed by atoms with Crippen molar-refractivity contribution in [3.8, 4) is 0 Å². The van der Waals surface area contributed by atoms with E-state index in [1.165, 1.54) is 48.9 Å². The molecule has 2 spiro atoms. The number of fused-ring (bicyclic) bond motifs is 3. The van der Waals surface area contributed by atoms with Gasteiger partial charge < -0.3 is 29.3 Å². The first-order chi connectivity index (χ1) is 26.5. The summed E-state index contributed by atoms with van der Waals surface area (Å²) < 4.78 is 19.4. The molecule has 2 N–H and O–H groups in total. The van der Waals surface area contributed by atoms with Crippen molar-refractivity contribution < 1.29 is 24.4 Å². The molecule has 0 bridgehead atoms. The van der Waals surface area contributed by atoms with E-state index in [0.29, 0.717) is 42.9 Å². The van der Waals surface area contributed by atoms with Crippen molar-refractivity contribution in [1.82, 2.24) is 14.7 Å². The van der Waals surface area contributed by atoms with E-state index in [-0.39, 0.29) is 39.8 Å². The topological polar surface area (TPSA) is 77.9 Å². The largest absolute Gasteiger partial charge is 0.499 e. The van der Waals surface area contributed by atoms with Gasteiger partial charge in [-0.3, -0.25) is 9.80 Å². The lowest BCUT2D eigenvalue weighted by atomic mass is 9.55. The number of hydrogen-bond acceptors (Lipinski definition) is 8. The minimum atomic E-state index is -0.502. The zero-order chi connectivity index (χ0) is 39.9. The molecule has 8 heteroatoms. The number of ether oxygens (including phenoxy) is 3. The number of aliphatic hydroxyl groups excluding tert-OH is 2. The van der Waals surface area contributed by atoms with Crippen LogP contribution in [0.25, 0.3) is 0 Å². The first-order valence-corrected chi connectivity index (χ1v) is 22.4. The Balaban J connectivity index is 0.867. The van der Waals surface area contributed by atoms with Gasteiger partial charge in [0.2, 0.25) is 0 Å². The first-order valence-electron chi connectivity index (χ1n) is 22.4. The average molecular weight is 774 g/mol. The molecule has 0 amide bonds. The van der Waals surface area contributed by atoms with E-state index in [1.807, 2.05) is 0 Å². The summed E-state index contributed by atoms with van der Waals surface area (Å²) in [5.74, 6) is 4.09. The molecule has 4 aliphatic carbocycles. The molecule has 4 aliphatic heterocycles. The summed E-state index contributed by atoms with van der Waals surface area (Å²) >= 11 is 0. The summed E-state index contributed by atoms with van der Waals surface area (Å²) in [7, 11) is 1.75. The van der Waals surface area contributed by atoms with Gasteiger partial charge in [0.05, 0.1) is 25.9 Å². The lowest BCUT2D eigenvalue weighted by Gasteiger charge is -2.65. The average Bonchev–Trinajstić information content (AvgIpc) is 3.87. The third kappa shape index (κ3) is 6.87. The maximum absolute atomic E-state index is 12.2. The Hall–Kier alpha value is -2.10. The van der Waals surface area contributed by atoms with Crippen molar-refractivity contribution in [3.63, 3.8) is 0 Å². The van der Waals surface area contributed by atoms with Crippen molar-refractivity contribution >= 4 is 0 Å². The van der Waals surface area contributed by atoms with Crippen LogP contribution in [0, 0.1) is 46.3 Å². The second kappa shape index (κ2) is 14.9. The van der Waals surface area contributed by atoms with Gasteiger partial charge in [0.1, 0.15) is 30.1 Å². The second-order valence-corrected chi connectivity index (χ2v) is 21.6. The quantitative estimate of drug-likeness (QED) is 0.191. The van der Waals surface area contributed by atoms with E-state index in [9.17, 15) is 10.2 Å². The summed E-state index contributed by atoms with van der Waals surface area (Å²) in [5.41, 5.74) is 3.92. The Morgan fingerprint density at radius 1 is 0.982 bits per heavy atom. The molecule has 0 aromatic rings. The molecule has 0 radical (unpaired) electrons. The minimum absolute atomic E-state index is 0.00456. The maximum Gasteiger partial charge on any atom is 0.121 e. The molecule has 8 rings (SSSR count). The van der Waals surface area contributed by atoms with Crippen LogP contribution in [0.1, 0.15) is 126 Å². The van der Waals surface area contributed by atoms with Gasteiger partial charge in [-0.2, -0.15) is 0 Å². The first kappa shape index (κ1) is 40.7. The molecule has 56 heavy (non-hydrogen) atoms. The summed E-state index contributed by atoms with van der Waals surface area (Å²) in [6, 6.07) is 0.382. The van der Waals surface area contributed by atoms with Crippen molar-refractivity contribution in [3.05, 3.63) is 59.9 Å². The van der Waals surface area contributed by atoms with Crippen molar-refractivity contribution in [2.75, 3.05) is 33.4 Å². The molecule has 6 fully saturated rings. The molecule has 2 saturated carbocycles. The highest BCUT2D eigenvalue weighted by molar-refractivity contribution is 5.40. The molecular weight excluding hydrogens is 699 g/mol. The number of allylic oxidation sites excluding steroid dienone is 2. The lowest BCUT2D eigenvalue weighted by molar-refractivity contribution is -0.194. The van der Waals surface area contributed by atoms with Crippen LogP contribution < -0.4 is 0 Å². The summed E-state index contributed by atoms with van der Waals surface area (Å²) in [6.07, 6.45) is 18.5. The van der Waals surface area contributed by atoms with Gasteiger partial charge in [0, 0.05) is 48.3 Å². The molecule has 4 saturated heterocycles. The van der Waals surface area contributed by atoms with E-state index >= 15 is 0 Å². The van der Waals surface area contributed by atoms with Gasteiger partial charge in [-0.25, -0.2) is 0 Å². The Morgan fingerprint density at radius 3 is 2.41 bits per heavy atom. The van der Waals surface area contributed by atoms with Gasteiger partial charge in [0.25, 0.3) is 0 Å². The number of rotatable bonds is 12. The van der Waals surface area contributed by atoms with Gasteiger partial charge >= 0.3 is 0 Å². The van der Waals surface area contributed by atoms with E-state index in [1.54, 1.807) is 7.11 Å². The molecule has 312 valence electrons. The fourth-order valence-electron chi connectivity index (χ4n) is 13.0. The molecule has 0 aromatic heterocycles. The standard InChI is InChI=1S/C48H75N3O5/c1-11-50-39-26-40(33(5)23-38(39)44(53)51-28-30(2)20-34-12-13-48(34,51)47(50)16-17-47)55-19-18-45(6,7)14-15-46(8,9)29-56-42-24-36-32(4)22-35-21-31(3)27-49(35)43(52)37(36)25-41(42)54-10/h11,25-26,30,32,34-38,42-44,52-53H,1,3,12-24,27-29H2,2,4-10H3/t30?,32?,34?,35-,36?,37?,38?,42?,43?,44?,48-/m0/s1. The van der Waals surface area contributed by atoms with Gasteiger partial charge in [-0.05, 0) is 136 Å². The smallest absolute Gasteiger partial charge is 0.121 e. The molecule has 8 nitrogen and oxygen atoms in total. The normalized spacial score (nSPS) is 39.5. The SMILES string of the molecule is C=CN1C2=CC(OCCC(C)(C)CCC(C)(C)COC3CC4C(C)C[C@@H]5CC(=C)CN5C(O)C4C=C3OC)=C(C)CC2C(O)N2CC(C)CC3CC[C@@]32C12CC2. The van der Waals surface area contributed by atoms with E-state index in [4.69, 9.17) is 14.2 Å². The minimum Gasteiger partial charge on any atom is -0.499 e. The predicted molar refractivity (Wildman–Crippen MR) is 223 cm³/mol. The molecular formula is C48H75N3O5. The summed E-state index contributed by atoms with van der Waals surface area (Å²) in [6.45, 7) is 28.1. The predicted octanol–water partition coefficient (Wildman–Crippen LogP) is 8.74. The van der Waals surface area contributed by atoms with Gasteiger partial charge in [0.15, 0.2) is 0 Å². The summed E-state index contributed by atoms with van der Waals surface area (Å²) in [4.78, 5) is 7.36. The zero-order valence-electron chi connectivity index (χ0n) is 36.2. The highest BCUT2D eigenvalue weighted by Crippen LogP contribution is 2.69. The Bertz CT molecular complexity index is 1630. The van der Waals surface area contributed by atoms with Crippen LogP contribution in [0.15, 0.2) is 59.9 Å². The molecule has 4 heterocycles. The highest BCUT2D eigenvalue weighted by atomic mass is 16.5. The number of nitrogens with zero attached hydrogens (tertiary/aromatic N) is 3. The highest BCUT2D eigenvalue weighted by Gasteiger charge is 2.74. The Morgan fingerprint density at radius 2 is 1.73 bits per heavy atom. The van der Waals surface area contributed by atoms with E-state index in [0.717, 1.165) is 69.6 Å². The second-order valence-electron chi connectivity index (χ2n) is 21.6. The zero-order valence-corrected chi connectivity index (χ0v) is 36.2. The molecule has 11 atom stereocenters. The Labute approximate surface area is 339 Å². The number of piperidine rings is 1. The Kier molecular flexibility index (Phi) is 10.8.